The molecule has 4 heteroatoms. The average Bonchev–Trinajstić information content (AvgIpc) is 2.34. The predicted octanol–water partition coefficient (Wildman–Crippen LogP) is 4.04. The van der Waals surface area contributed by atoms with Crippen molar-refractivity contribution in [3.63, 3.8) is 0 Å². The summed E-state index contributed by atoms with van der Waals surface area (Å²) in [6.07, 6.45) is 8.39. The van der Waals surface area contributed by atoms with E-state index in [0.717, 1.165) is 18.4 Å². The normalized spacial score (nSPS) is 10.5. The van der Waals surface area contributed by atoms with Crippen molar-refractivity contribution >= 4 is 11.6 Å². The Morgan fingerprint density at radius 2 is 1.88 bits per heavy atom. The Morgan fingerprint density at radius 1 is 1.12 bits per heavy atom. The third kappa shape index (κ3) is 4.90. The Morgan fingerprint density at radius 3 is 2.59 bits per heavy atom. The van der Waals surface area contributed by atoms with Crippen LogP contribution in [0.15, 0.2) is 6.33 Å². The Hall–Kier alpha value is -0.830. The van der Waals surface area contributed by atoms with Crippen LogP contribution in [0.3, 0.4) is 0 Å². The number of ether oxygens (including phenoxy) is 1. The van der Waals surface area contributed by atoms with Gasteiger partial charge < -0.3 is 4.74 Å². The topological polar surface area (TPSA) is 35.0 Å². The smallest absolute Gasteiger partial charge is 0.221 e. The molecule has 0 aliphatic rings. The second-order valence-electron chi connectivity index (χ2n) is 4.06. The SMILES string of the molecule is CCCCCCCOc1ncnc(Cl)c1CC. The molecule has 0 spiro atoms. The molecule has 1 rings (SSSR count). The highest BCUT2D eigenvalue weighted by molar-refractivity contribution is 6.30. The second-order valence-corrected chi connectivity index (χ2v) is 4.42. The van der Waals surface area contributed by atoms with Crippen molar-refractivity contribution in [2.75, 3.05) is 6.61 Å². The average molecular weight is 257 g/mol. The molecule has 0 aliphatic carbocycles. The third-order valence-corrected chi connectivity index (χ3v) is 3.02. The van der Waals surface area contributed by atoms with Gasteiger partial charge in [0.05, 0.1) is 12.2 Å². The van der Waals surface area contributed by atoms with E-state index in [0.29, 0.717) is 17.6 Å². The Balaban J connectivity index is 2.33. The van der Waals surface area contributed by atoms with E-state index in [2.05, 4.69) is 16.9 Å². The van der Waals surface area contributed by atoms with E-state index in [1.807, 2.05) is 6.92 Å². The Bertz CT molecular complexity index is 331. The van der Waals surface area contributed by atoms with Crippen LogP contribution in [0.1, 0.15) is 51.5 Å². The lowest BCUT2D eigenvalue weighted by Crippen LogP contribution is -2.03. The summed E-state index contributed by atoms with van der Waals surface area (Å²) in [5.74, 6) is 0.642. The molecule has 0 atom stereocenters. The van der Waals surface area contributed by atoms with Crippen LogP contribution >= 0.6 is 11.6 Å². The van der Waals surface area contributed by atoms with E-state index in [-0.39, 0.29) is 0 Å². The minimum absolute atomic E-state index is 0.503. The lowest BCUT2D eigenvalue weighted by Gasteiger charge is -2.09. The van der Waals surface area contributed by atoms with Crippen molar-refractivity contribution < 1.29 is 4.74 Å². The molecule has 0 aromatic carbocycles. The van der Waals surface area contributed by atoms with Crippen molar-refractivity contribution in [2.45, 2.75) is 52.4 Å². The quantitative estimate of drug-likeness (QED) is 0.520. The van der Waals surface area contributed by atoms with E-state index in [9.17, 15) is 0 Å². The van der Waals surface area contributed by atoms with Crippen LogP contribution in [0.2, 0.25) is 5.15 Å². The van der Waals surface area contributed by atoms with Gasteiger partial charge in [-0.2, -0.15) is 0 Å². The van der Waals surface area contributed by atoms with Gasteiger partial charge in [-0.3, -0.25) is 0 Å². The van der Waals surface area contributed by atoms with Crippen LogP contribution in [-0.4, -0.2) is 16.6 Å². The number of unbranched alkanes of at least 4 members (excludes halogenated alkanes) is 4. The molecular weight excluding hydrogens is 236 g/mol. The Labute approximate surface area is 109 Å². The largest absolute Gasteiger partial charge is 0.477 e. The minimum Gasteiger partial charge on any atom is -0.477 e. The van der Waals surface area contributed by atoms with Gasteiger partial charge in [0, 0.05) is 0 Å². The molecule has 1 aromatic heterocycles. The van der Waals surface area contributed by atoms with Crippen molar-refractivity contribution in [3.8, 4) is 5.88 Å². The highest BCUT2D eigenvalue weighted by atomic mass is 35.5. The van der Waals surface area contributed by atoms with Crippen molar-refractivity contribution in [2.24, 2.45) is 0 Å². The van der Waals surface area contributed by atoms with E-state index >= 15 is 0 Å². The third-order valence-electron chi connectivity index (χ3n) is 2.69. The second kappa shape index (κ2) is 8.29. The summed E-state index contributed by atoms with van der Waals surface area (Å²) in [7, 11) is 0. The zero-order valence-electron chi connectivity index (χ0n) is 10.7. The maximum absolute atomic E-state index is 5.98. The molecule has 0 saturated carbocycles. The summed E-state index contributed by atoms with van der Waals surface area (Å²) in [6.45, 7) is 4.95. The van der Waals surface area contributed by atoms with Crippen LogP contribution in [0.5, 0.6) is 5.88 Å². The maximum atomic E-state index is 5.98. The molecule has 0 bridgehead atoms. The van der Waals surface area contributed by atoms with Gasteiger partial charge >= 0.3 is 0 Å². The number of halogens is 1. The highest BCUT2D eigenvalue weighted by Crippen LogP contribution is 2.22. The molecule has 0 saturated heterocycles. The first-order chi connectivity index (χ1) is 8.29. The summed E-state index contributed by atoms with van der Waals surface area (Å²) in [5.41, 5.74) is 0.905. The first-order valence-corrected chi connectivity index (χ1v) is 6.79. The lowest BCUT2D eigenvalue weighted by atomic mass is 10.2. The monoisotopic (exact) mass is 256 g/mol. The van der Waals surface area contributed by atoms with Gasteiger partial charge in [-0.1, -0.05) is 51.1 Å². The summed E-state index contributed by atoms with van der Waals surface area (Å²) in [6, 6.07) is 0. The molecule has 0 aliphatic heterocycles. The van der Waals surface area contributed by atoms with Gasteiger partial charge in [-0.25, -0.2) is 9.97 Å². The first-order valence-electron chi connectivity index (χ1n) is 6.41. The first kappa shape index (κ1) is 14.2. The summed E-state index contributed by atoms with van der Waals surface area (Å²) < 4.78 is 5.65. The molecule has 0 fully saturated rings. The fourth-order valence-electron chi connectivity index (χ4n) is 1.67. The molecule has 0 radical (unpaired) electrons. The summed E-state index contributed by atoms with van der Waals surface area (Å²) in [4.78, 5) is 8.08. The number of hydrogen-bond acceptors (Lipinski definition) is 3. The number of hydrogen-bond donors (Lipinski definition) is 0. The van der Waals surface area contributed by atoms with Crippen molar-refractivity contribution in [3.05, 3.63) is 17.0 Å². The standard InChI is InChI=1S/C13H21ClN2O/c1-3-5-6-7-8-9-17-13-11(4-2)12(14)15-10-16-13/h10H,3-9H2,1-2H3. The van der Waals surface area contributed by atoms with Gasteiger partial charge in [0.2, 0.25) is 5.88 Å². The van der Waals surface area contributed by atoms with E-state index in [4.69, 9.17) is 16.3 Å². The van der Waals surface area contributed by atoms with Gasteiger partial charge in [0.15, 0.2) is 0 Å². The van der Waals surface area contributed by atoms with Crippen molar-refractivity contribution in [1.29, 1.82) is 0 Å². The lowest BCUT2D eigenvalue weighted by molar-refractivity contribution is 0.290. The van der Waals surface area contributed by atoms with Gasteiger partial charge in [-0.05, 0) is 12.8 Å². The van der Waals surface area contributed by atoms with Crippen LogP contribution in [-0.2, 0) is 6.42 Å². The molecular formula is C13H21ClN2O. The van der Waals surface area contributed by atoms with Crippen LogP contribution in [0.4, 0.5) is 0 Å². The summed E-state index contributed by atoms with van der Waals surface area (Å²) >= 11 is 5.98. The summed E-state index contributed by atoms with van der Waals surface area (Å²) in [5, 5.41) is 0.503. The van der Waals surface area contributed by atoms with Gasteiger partial charge in [0.25, 0.3) is 0 Å². The van der Waals surface area contributed by atoms with Crippen LogP contribution in [0, 0.1) is 0 Å². The van der Waals surface area contributed by atoms with Crippen LogP contribution in [0.25, 0.3) is 0 Å². The molecule has 0 unspecified atom stereocenters. The predicted molar refractivity (Wildman–Crippen MR) is 70.7 cm³/mol. The number of aromatic nitrogens is 2. The van der Waals surface area contributed by atoms with E-state index < -0.39 is 0 Å². The molecule has 1 aromatic rings. The molecule has 0 amide bonds. The number of nitrogens with zero attached hydrogens (tertiary/aromatic N) is 2. The number of rotatable bonds is 8. The highest BCUT2D eigenvalue weighted by Gasteiger charge is 2.08. The molecule has 1 heterocycles. The van der Waals surface area contributed by atoms with Gasteiger partial charge in [0.1, 0.15) is 11.5 Å². The van der Waals surface area contributed by atoms with E-state index in [1.54, 1.807) is 0 Å². The fraction of sp³-hybridized carbons (Fsp3) is 0.692. The fourth-order valence-corrected chi connectivity index (χ4v) is 1.93. The zero-order valence-corrected chi connectivity index (χ0v) is 11.5. The minimum atomic E-state index is 0.503. The Kier molecular flexibility index (Phi) is 6.94. The van der Waals surface area contributed by atoms with Crippen molar-refractivity contribution in [1.82, 2.24) is 9.97 Å². The van der Waals surface area contributed by atoms with Gasteiger partial charge in [-0.15, -0.1) is 0 Å². The van der Waals surface area contributed by atoms with Crippen LogP contribution < -0.4 is 4.74 Å². The maximum Gasteiger partial charge on any atom is 0.221 e. The molecule has 96 valence electrons. The molecule has 3 nitrogen and oxygen atoms in total. The molecule has 0 N–H and O–H groups in total. The zero-order chi connectivity index (χ0) is 12.5. The molecule has 17 heavy (non-hydrogen) atoms. The van der Waals surface area contributed by atoms with E-state index in [1.165, 1.54) is 32.0 Å².